The lowest BCUT2D eigenvalue weighted by molar-refractivity contribution is -0.141. The first-order chi connectivity index (χ1) is 15.0. The number of halogens is 3. The number of ether oxygens (including phenoxy) is 1. The highest BCUT2D eigenvalue weighted by Gasteiger charge is 2.37. The average molecular weight is 482 g/mol. The van der Waals surface area contributed by atoms with Crippen molar-refractivity contribution >= 4 is 17.4 Å². The highest BCUT2D eigenvalue weighted by molar-refractivity contribution is 6.03. The van der Waals surface area contributed by atoms with Crippen LogP contribution in [0.3, 0.4) is 0 Å². The van der Waals surface area contributed by atoms with Gasteiger partial charge in [0.05, 0.1) is 5.69 Å². The van der Waals surface area contributed by atoms with Gasteiger partial charge in [0.1, 0.15) is 29.4 Å². The summed E-state index contributed by atoms with van der Waals surface area (Å²) < 4.78 is 44.1. The Labute approximate surface area is 199 Å². The molecule has 1 aliphatic heterocycles. The van der Waals surface area contributed by atoms with E-state index in [-0.39, 0.29) is 50.6 Å². The number of alkyl halides is 3. The Balaban J connectivity index is 0.00000204. The van der Waals surface area contributed by atoms with E-state index in [0.29, 0.717) is 42.3 Å². The molecule has 34 heavy (non-hydrogen) atoms. The van der Waals surface area contributed by atoms with Crippen LogP contribution in [0.5, 0.6) is 5.88 Å². The van der Waals surface area contributed by atoms with Crippen LogP contribution in [0.4, 0.5) is 24.7 Å². The SMILES string of the molecule is C.C.Cc1nc(CC2CC(Oc3cccc(C(F)(F)F)n3)C2)nc2c1NC(=O)[C@H](C(C)C)N2C. The second kappa shape index (κ2) is 10.1. The van der Waals surface area contributed by atoms with Crippen molar-refractivity contribution in [2.24, 2.45) is 11.8 Å². The summed E-state index contributed by atoms with van der Waals surface area (Å²) in [5.74, 6) is 1.73. The van der Waals surface area contributed by atoms with Crippen molar-refractivity contribution < 1.29 is 22.7 Å². The minimum atomic E-state index is -4.50. The Morgan fingerprint density at radius 2 is 1.85 bits per heavy atom. The van der Waals surface area contributed by atoms with Gasteiger partial charge in [0, 0.05) is 19.5 Å². The van der Waals surface area contributed by atoms with Gasteiger partial charge in [0.2, 0.25) is 11.8 Å². The molecule has 3 heterocycles. The number of hydrogen-bond acceptors (Lipinski definition) is 6. The molecule has 10 heteroatoms. The number of carbonyl (C=O) groups excluding carboxylic acids is 1. The zero-order chi connectivity index (χ0) is 23.2. The molecule has 0 spiro atoms. The third-order valence-corrected chi connectivity index (χ3v) is 5.98. The van der Waals surface area contributed by atoms with E-state index < -0.39 is 11.9 Å². The molecule has 2 aliphatic rings. The maximum absolute atomic E-state index is 12.8. The van der Waals surface area contributed by atoms with Crippen molar-refractivity contribution in [3.63, 3.8) is 0 Å². The van der Waals surface area contributed by atoms with Gasteiger partial charge in [-0.05, 0) is 37.7 Å². The molecule has 0 bridgehead atoms. The number of fused-ring (bicyclic) bond motifs is 1. The fourth-order valence-corrected chi connectivity index (χ4v) is 4.37. The number of carbonyl (C=O) groups is 1. The molecule has 188 valence electrons. The largest absolute Gasteiger partial charge is 0.474 e. The van der Waals surface area contributed by atoms with Crippen molar-refractivity contribution in [2.75, 3.05) is 17.3 Å². The number of aromatic nitrogens is 3. The van der Waals surface area contributed by atoms with E-state index in [1.807, 2.05) is 32.7 Å². The molecule has 1 amide bonds. The molecule has 0 radical (unpaired) electrons. The van der Waals surface area contributed by atoms with Crippen molar-refractivity contribution in [3.05, 3.63) is 35.4 Å². The molecule has 1 atom stereocenters. The van der Waals surface area contributed by atoms with Gasteiger partial charge in [-0.2, -0.15) is 13.2 Å². The van der Waals surface area contributed by atoms with E-state index in [0.717, 1.165) is 6.07 Å². The Hall–Kier alpha value is -2.91. The van der Waals surface area contributed by atoms with Gasteiger partial charge >= 0.3 is 6.18 Å². The minimum Gasteiger partial charge on any atom is -0.474 e. The molecule has 0 unspecified atom stereocenters. The third kappa shape index (κ3) is 5.42. The summed E-state index contributed by atoms with van der Waals surface area (Å²) in [6.45, 7) is 5.84. The highest BCUT2D eigenvalue weighted by Crippen LogP contribution is 2.37. The lowest BCUT2D eigenvalue weighted by Crippen LogP contribution is -2.50. The van der Waals surface area contributed by atoms with Crippen LogP contribution in [-0.4, -0.2) is 40.1 Å². The van der Waals surface area contributed by atoms with E-state index in [9.17, 15) is 18.0 Å². The third-order valence-electron chi connectivity index (χ3n) is 5.98. The van der Waals surface area contributed by atoms with Gasteiger partial charge in [-0.1, -0.05) is 34.8 Å². The molecule has 1 aliphatic carbocycles. The summed E-state index contributed by atoms with van der Waals surface area (Å²) in [7, 11) is 1.87. The summed E-state index contributed by atoms with van der Waals surface area (Å²) in [6.07, 6.45) is -2.65. The number of hydrogen-bond donors (Lipinski definition) is 1. The molecule has 1 fully saturated rings. The number of nitrogens with one attached hydrogen (secondary N) is 1. The predicted molar refractivity (Wildman–Crippen MR) is 126 cm³/mol. The molecule has 7 nitrogen and oxygen atoms in total. The van der Waals surface area contributed by atoms with Crippen molar-refractivity contribution in [1.29, 1.82) is 0 Å². The van der Waals surface area contributed by atoms with E-state index in [2.05, 4.69) is 15.3 Å². The smallest absolute Gasteiger partial charge is 0.433 e. The molecule has 0 aromatic carbocycles. The van der Waals surface area contributed by atoms with Gasteiger partial charge in [0.15, 0.2) is 5.82 Å². The number of likely N-dealkylation sites (N-methyl/N-ethyl adjacent to an activating group) is 1. The summed E-state index contributed by atoms with van der Waals surface area (Å²) >= 11 is 0. The quantitative estimate of drug-likeness (QED) is 0.626. The number of aryl methyl sites for hydroxylation is 1. The maximum Gasteiger partial charge on any atom is 0.433 e. The summed E-state index contributed by atoms with van der Waals surface area (Å²) in [4.78, 5) is 27.2. The first-order valence-electron chi connectivity index (χ1n) is 10.6. The van der Waals surface area contributed by atoms with Gasteiger partial charge in [-0.3, -0.25) is 4.79 Å². The first-order valence-corrected chi connectivity index (χ1v) is 10.6. The van der Waals surface area contributed by atoms with Crippen molar-refractivity contribution in [3.8, 4) is 5.88 Å². The monoisotopic (exact) mass is 481 g/mol. The van der Waals surface area contributed by atoms with Gasteiger partial charge < -0.3 is 15.0 Å². The van der Waals surface area contributed by atoms with Crippen molar-refractivity contribution in [2.45, 2.75) is 73.2 Å². The fourth-order valence-electron chi connectivity index (χ4n) is 4.37. The lowest BCUT2D eigenvalue weighted by atomic mass is 9.80. The minimum absolute atomic E-state index is 0. The topological polar surface area (TPSA) is 80.2 Å². The van der Waals surface area contributed by atoms with Gasteiger partial charge in [-0.25, -0.2) is 15.0 Å². The molecule has 2 aromatic heterocycles. The van der Waals surface area contributed by atoms with Crippen LogP contribution in [0.25, 0.3) is 0 Å². The number of nitrogens with zero attached hydrogens (tertiary/aromatic N) is 4. The van der Waals surface area contributed by atoms with Crippen LogP contribution in [0, 0.1) is 18.8 Å². The van der Waals surface area contributed by atoms with E-state index in [1.54, 1.807) is 0 Å². The standard InChI is InChI=1S/C22H26F3N5O2.2CH4/c1-11(2)19-21(31)29-18-12(3)26-16(28-20(18)30(19)4)10-13-8-14(9-13)32-17-7-5-6-15(27-17)22(23,24)25;;/h5-7,11,13-14,19H,8-10H2,1-4H3,(H,29,31);2*1H4/t13?,14?,19-;;/m0../s1. The summed E-state index contributed by atoms with van der Waals surface area (Å²) in [5, 5.41) is 2.94. The van der Waals surface area contributed by atoms with Gasteiger partial charge in [-0.15, -0.1) is 0 Å². The summed E-state index contributed by atoms with van der Waals surface area (Å²) in [5.41, 5.74) is 0.399. The zero-order valence-electron chi connectivity index (χ0n) is 18.4. The van der Waals surface area contributed by atoms with Crippen LogP contribution in [0.1, 0.15) is 58.8 Å². The van der Waals surface area contributed by atoms with Crippen LogP contribution in [-0.2, 0) is 17.4 Å². The van der Waals surface area contributed by atoms with Crippen LogP contribution >= 0.6 is 0 Å². The zero-order valence-corrected chi connectivity index (χ0v) is 18.4. The molecule has 1 N–H and O–H groups in total. The van der Waals surface area contributed by atoms with Gasteiger partial charge in [0.25, 0.3) is 0 Å². The number of pyridine rings is 1. The van der Waals surface area contributed by atoms with Crippen LogP contribution < -0.4 is 15.0 Å². The number of anilines is 2. The normalized spacial score (nSPS) is 21.6. The highest BCUT2D eigenvalue weighted by atomic mass is 19.4. The second-order valence-electron chi connectivity index (χ2n) is 8.85. The second-order valence-corrected chi connectivity index (χ2v) is 8.85. The maximum atomic E-state index is 12.8. The van der Waals surface area contributed by atoms with E-state index in [1.165, 1.54) is 12.1 Å². The first kappa shape index (κ1) is 27.3. The number of amides is 1. The fraction of sp³-hybridized carbons (Fsp3) is 0.583. The molecule has 2 aromatic rings. The average Bonchev–Trinajstić information content (AvgIpc) is 2.66. The number of rotatable bonds is 5. The molecule has 0 saturated heterocycles. The van der Waals surface area contributed by atoms with Crippen LogP contribution in [0.2, 0.25) is 0 Å². The van der Waals surface area contributed by atoms with E-state index in [4.69, 9.17) is 9.72 Å². The molecular formula is C24H34F3N5O2. The Kier molecular flexibility index (Phi) is 8.16. The molecular weight excluding hydrogens is 447 g/mol. The Morgan fingerprint density at radius 3 is 2.47 bits per heavy atom. The van der Waals surface area contributed by atoms with Crippen molar-refractivity contribution in [1.82, 2.24) is 15.0 Å². The summed E-state index contributed by atoms with van der Waals surface area (Å²) in [6, 6.07) is 3.36. The van der Waals surface area contributed by atoms with E-state index >= 15 is 0 Å². The predicted octanol–water partition coefficient (Wildman–Crippen LogP) is 5.28. The molecule has 1 saturated carbocycles. The lowest BCUT2D eigenvalue weighted by Gasteiger charge is -2.37. The Bertz CT molecular complexity index is 1020. The molecule has 4 rings (SSSR count). The van der Waals surface area contributed by atoms with Crippen LogP contribution in [0.15, 0.2) is 18.2 Å². The Morgan fingerprint density at radius 1 is 1.18 bits per heavy atom.